The van der Waals surface area contributed by atoms with Gasteiger partial charge in [-0.15, -0.1) is 0 Å². The molecule has 15 heavy (non-hydrogen) atoms. The Morgan fingerprint density at radius 1 is 1.47 bits per heavy atom. The van der Waals surface area contributed by atoms with E-state index in [9.17, 15) is 4.39 Å². The van der Waals surface area contributed by atoms with Crippen LogP contribution < -0.4 is 5.32 Å². The van der Waals surface area contributed by atoms with Gasteiger partial charge in [-0.3, -0.25) is 0 Å². The molecule has 0 saturated carbocycles. The van der Waals surface area contributed by atoms with Crippen molar-refractivity contribution >= 4 is 17.7 Å². The van der Waals surface area contributed by atoms with Gasteiger partial charge in [-0.2, -0.15) is 0 Å². The first-order valence-corrected chi connectivity index (χ1v) is 5.33. The fourth-order valence-corrected chi connectivity index (χ4v) is 1.63. The lowest BCUT2D eigenvalue weighted by atomic mass is 10.1. The Morgan fingerprint density at radius 2 is 2.20 bits per heavy atom. The van der Waals surface area contributed by atoms with E-state index in [1.165, 1.54) is 17.7 Å². The average molecular weight is 228 g/mol. The quantitative estimate of drug-likeness (QED) is 0.830. The summed E-state index contributed by atoms with van der Waals surface area (Å²) in [6.45, 7) is 2.88. The molecule has 0 aliphatic carbocycles. The van der Waals surface area contributed by atoms with Crippen LogP contribution in [0.4, 0.5) is 4.39 Å². The molecule has 0 unspecified atom stereocenters. The van der Waals surface area contributed by atoms with Gasteiger partial charge in [-0.25, -0.2) is 4.39 Å². The van der Waals surface area contributed by atoms with E-state index in [0.29, 0.717) is 5.02 Å². The maximum Gasteiger partial charge on any atom is 0.125 e. The maximum absolute atomic E-state index is 13.0. The lowest BCUT2D eigenvalue weighted by Crippen LogP contribution is -2.09. The minimum Gasteiger partial charge on any atom is -0.316 e. The average Bonchev–Trinajstić information content (AvgIpc) is 2.15. The van der Waals surface area contributed by atoms with E-state index in [1.54, 1.807) is 6.07 Å². The van der Waals surface area contributed by atoms with Crippen LogP contribution in [-0.4, -0.2) is 13.6 Å². The minimum atomic E-state index is -0.298. The molecule has 82 valence electrons. The van der Waals surface area contributed by atoms with Gasteiger partial charge in [0.05, 0.1) is 0 Å². The number of benzene rings is 1. The van der Waals surface area contributed by atoms with Crippen LogP contribution in [0.1, 0.15) is 18.9 Å². The first kappa shape index (κ1) is 12.2. The molecule has 0 atom stereocenters. The molecule has 0 heterocycles. The third kappa shape index (κ3) is 4.02. The molecular weight excluding hydrogens is 213 g/mol. The second kappa shape index (κ2) is 5.89. The standard InChI is InChI=1S/C12H15ClFN/c1-3-9(8-15-2)4-10-5-11(13)7-12(14)6-10/h4-7,15H,3,8H2,1-2H3/b9-4-. The number of halogens is 2. The lowest BCUT2D eigenvalue weighted by molar-refractivity contribution is 0.627. The summed E-state index contributed by atoms with van der Waals surface area (Å²) in [6, 6.07) is 4.55. The van der Waals surface area contributed by atoms with Crippen LogP contribution in [0.2, 0.25) is 5.02 Å². The topological polar surface area (TPSA) is 12.0 Å². The van der Waals surface area contributed by atoms with Crippen LogP contribution in [0.25, 0.3) is 6.08 Å². The zero-order valence-corrected chi connectivity index (χ0v) is 9.74. The van der Waals surface area contributed by atoms with Gasteiger partial charge in [0.2, 0.25) is 0 Å². The highest BCUT2D eigenvalue weighted by molar-refractivity contribution is 6.30. The SMILES string of the molecule is CC/C(=C/c1cc(F)cc(Cl)c1)CNC. The van der Waals surface area contributed by atoms with Crippen molar-refractivity contribution in [3.63, 3.8) is 0 Å². The highest BCUT2D eigenvalue weighted by Gasteiger charge is 1.98. The van der Waals surface area contributed by atoms with Crippen molar-refractivity contribution < 1.29 is 4.39 Å². The summed E-state index contributed by atoms with van der Waals surface area (Å²) >= 11 is 5.77. The van der Waals surface area contributed by atoms with Crippen LogP contribution >= 0.6 is 11.6 Å². The fraction of sp³-hybridized carbons (Fsp3) is 0.333. The molecule has 1 aromatic carbocycles. The number of rotatable bonds is 4. The Hall–Kier alpha value is -0.860. The zero-order valence-electron chi connectivity index (χ0n) is 8.98. The van der Waals surface area contributed by atoms with Gasteiger partial charge in [0, 0.05) is 11.6 Å². The summed E-state index contributed by atoms with van der Waals surface area (Å²) < 4.78 is 13.0. The Bertz CT molecular complexity index is 340. The second-order valence-electron chi connectivity index (χ2n) is 3.39. The van der Waals surface area contributed by atoms with E-state index in [1.807, 2.05) is 13.1 Å². The number of likely N-dealkylation sites (N-methyl/N-ethyl adjacent to an activating group) is 1. The van der Waals surface area contributed by atoms with Gasteiger partial charge in [0.1, 0.15) is 5.82 Å². The van der Waals surface area contributed by atoms with Crippen LogP contribution in [0, 0.1) is 5.82 Å². The molecule has 1 nitrogen and oxygen atoms in total. The molecular formula is C12H15ClFN. The van der Waals surface area contributed by atoms with Crippen molar-refractivity contribution in [1.29, 1.82) is 0 Å². The molecule has 1 aromatic rings. The Balaban J connectivity index is 2.94. The normalized spacial score (nSPS) is 11.9. The highest BCUT2D eigenvalue weighted by atomic mass is 35.5. The number of nitrogens with one attached hydrogen (secondary N) is 1. The zero-order chi connectivity index (χ0) is 11.3. The fourth-order valence-electron chi connectivity index (χ4n) is 1.40. The van der Waals surface area contributed by atoms with Gasteiger partial charge >= 0.3 is 0 Å². The van der Waals surface area contributed by atoms with Crippen molar-refractivity contribution in [3.8, 4) is 0 Å². The van der Waals surface area contributed by atoms with Crippen molar-refractivity contribution in [2.75, 3.05) is 13.6 Å². The van der Waals surface area contributed by atoms with Gasteiger partial charge in [-0.05, 0) is 37.2 Å². The van der Waals surface area contributed by atoms with Gasteiger partial charge in [0.15, 0.2) is 0 Å². The smallest absolute Gasteiger partial charge is 0.125 e. The third-order valence-corrected chi connectivity index (χ3v) is 2.33. The van der Waals surface area contributed by atoms with E-state index in [4.69, 9.17) is 11.6 Å². The van der Waals surface area contributed by atoms with Crippen LogP contribution in [0.5, 0.6) is 0 Å². The van der Waals surface area contributed by atoms with E-state index < -0.39 is 0 Å². The molecule has 0 fully saturated rings. The Morgan fingerprint density at radius 3 is 2.73 bits per heavy atom. The van der Waals surface area contributed by atoms with Gasteiger partial charge in [0.25, 0.3) is 0 Å². The molecule has 0 aliphatic rings. The molecule has 0 spiro atoms. The predicted octanol–water partition coefficient (Wildman–Crippen LogP) is 3.49. The molecule has 0 amide bonds. The summed E-state index contributed by atoms with van der Waals surface area (Å²) in [4.78, 5) is 0. The monoisotopic (exact) mass is 227 g/mol. The molecule has 0 bridgehead atoms. The summed E-state index contributed by atoms with van der Waals surface area (Å²) in [5, 5.41) is 3.50. The van der Waals surface area contributed by atoms with Crippen LogP contribution in [0.3, 0.4) is 0 Å². The van der Waals surface area contributed by atoms with Crippen LogP contribution in [-0.2, 0) is 0 Å². The van der Waals surface area contributed by atoms with Gasteiger partial charge in [-0.1, -0.05) is 30.2 Å². The van der Waals surface area contributed by atoms with Gasteiger partial charge < -0.3 is 5.32 Å². The summed E-state index contributed by atoms with van der Waals surface area (Å²) in [6.07, 6.45) is 2.90. The Labute approximate surface area is 95.0 Å². The van der Waals surface area contributed by atoms with Crippen molar-refractivity contribution in [2.24, 2.45) is 0 Å². The molecule has 0 aliphatic heterocycles. The number of hydrogen-bond donors (Lipinski definition) is 1. The molecule has 0 saturated heterocycles. The maximum atomic E-state index is 13.0. The van der Waals surface area contributed by atoms with E-state index in [0.717, 1.165) is 18.5 Å². The summed E-state index contributed by atoms with van der Waals surface area (Å²) in [5.41, 5.74) is 2.03. The first-order valence-electron chi connectivity index (χ1n) is 4.96. The molecule has 0 aromatic heterocycles. The lowest BCUT2D eigenvalue weighted by Gasteiger charge is -2.04. The molecule has 1 N–H and O–H groups in total. The van der Waals surface area contributed by atoms with Crippen molar-refractivity contribution in [1.82, 2.24) is 5.32 Å². The predicted molar refractivity (Wildman–Crippen MR) is 63.6 cm³/mol. The second-order valence-corrected chi connectivity index (χ2v) is 3.83. The third-order valence-electron chi connectivity index (χ3n) is 2.11. The Kier molecular flexibility index (Phi) is 4.79. The largest absolute Gasteiger partial charge is 0.316 e. The first-order chi connectivity index (χ1) is 7.15. The van der Waals surface area contributed by atoms with E-state index in [2.05, 4.69) is 12.2 Å². The molecule has 3 heteroatoms. The summed E-state index contributed by atoms with van der Waals surface area (Å²) in [7, 11) is 1.89. The van der Waals surface area contributed by atoms with Crippen LogP contribution in [0.15, 0.2) is 23.8 Å². The highest BCUT2D eigenvalue weighted by Crippen LogP contribution is 2.17. The molecule has 0 radical (unpaired) electrons. The van der Waals surface area contributed by atoms with E-state index in [-0.39, 0.29) is 5.82 Å². The van der Waals surface area contributed by atoms with Crippen molar-refractivity contribution in [2.45, 2.75) is 13.3 Å². The van der Waals surface area contributed by atoms with E-state index >= 15 is 0 Å². The van der Waals surface area contributed by atoms with Crippen molar-refractivity contribution in [3.05, 3.63) is 40.2 Å². The molecule has 1 rings (SSSR count). The minimum absolute atomic E-state index is 0.298. The number of hydrogen-bond acceptors (Lipinski definition) is 1. The summed E-state index contributed by atoms with van der Waals surface area (Å²) in [5.74, 6) is -0.298.